The summed E-state index contributed by atoms with van der Waals surface area (Å²) in [6, 6.07) is 6.70. The third-order valence-electron chi connectivity index (χ3n) is 5.08. The van der Waals surface area contributed by atoms with E-state index in [1.165, 1.54) is 0 Å². The molecule has 6 heteroatoms. The number of carbonyl (C=O) groups excluding carboxylic acids is 2. The second-order valence-electron chi connectivity index (χ2n) is 8.30. The fourth-order valence-electron chi connectivity index (χ4n) is 3.46. The van der Waals surface area contributed by atoms with Crippen LogP contribution in [0.25, 0.3) is 0 Å². The minimum Gasteiger partial charge on any atom is -0.373 e. The van der Waals surface area contributed by atoms with Crippen molar-refractivity contribution in [1.29, 1.82) is 0 Å². The summed E-state index contributed by atoms with van der Waals surface area (Å²) in [5, 5.41) is 3.36. The molecule has 3 rings (SSSR count). The summed E-state index contributed by atoms with van der Waals surface area (Å²) in [5.74, 6) is 1.84. The fourth-order valence-corrected chi connectivity index (χ4v) is 3.46. The van der Waals surface area contributed by atoms with Gasteiger partial charge >= 0.3 is 0 Å². The predicted octanol–water partition coefficient (Wildman–Crippen LogP) is 1.65. The summed E-state index contributed by atoms with van der Waals surface area (Å²) < 4.78 is 0. The van der Waals surface area contributed by atoms with Crippen LogP contribution in [0.2, 0.25) is 0 Å². The van der Waals surface area contributed by atoms with E-state index in [4.69, 9.17) is 12.2 Å². The Balaban J connectivity index is 1.85. The largest absolute Gasteiger partial charge is 0.373 e. The Morgan fingerprint density at radius 2 is 2.11 bits per heavy atom. The van der Waals surface area contributed by atoms with Crippen LogP contribution < -0.4 is 11.1 Å². The first-order valence-corrected chi connectivity index (χ1v) is 9.17. The molecule has 6 nitrogen and oxygen atoms in total. The van der Waals surface area contributed by atoms with Crippen molar-refractivity contribution in [1.82, 2.24) is 4.90 Å². The van der Waals surface area contributed by atoms with E-state index in [0.717, 1.165) is 23.5 Å². The molecule has 1 fully saturated rings. The Morgan fingerprint density at radius 1 is 1.41 bits per heavy atom. The van der Waals surface area contributed by atoms with Crippen LogP contribution in [0.3, 0.4) is 0 Å². The molecule has 0 aromatic heterocycles. The van der Waals surface area contributed by atoms with E-state index in [1.807, 2.05) is 45.0 Å². The van der Waals surface area contributed by atoms with E-state index < -0.39 is 18.0 Å². The zero-order valence-electron chi connectivity index (χ0n) is 16.0. The van der Waals surface area contributed by atoms with Crippen LogP contribution in [0.5, 0.6) is 0 Å². The average molecular weight is 366 g/mol. The summed E-state index contributed by atoms with van der Waals surface area (Å²) in [6.45, 7) is 7.10. The Kier molecular flexibility index (Phi) is 4.97. The highest BCUT2D eigenvalue weighted by Crippen LogP contribution is 2.30. The van der Waals surface area contributed by atoms with E-state index in [9.17, 15) is 9.59 Å². The zero-order chi connectivity index (χ0) is 19.8. The number of likely N-dealkylation sites (tertiary alicyclic amines) is 1. The van der Waals surface area contributed by atoms with Crippen molar-refractivity contribution in [2.24, 2.45) is 22.1 Å². The lowest BCUT2D eigenvalue weighted by molar-refractivity contribution is -0.139. The van der Waals surface area contributed by atoms with Gasteiger partial charge in [0.25, 0.3) is 0 Å². The minimum absolute atomic E-state index is 0.150. The third kappa shape index (κ3) is 4.13. The second kappa shape index (κ2) is 7.07. The SMILES string of the molecule is C#CC1C[C@@H](C(N)=O)N(C(=O)C(Nc2cccc(C3=NC3)c2)C(C)(C)C)C1. The van der Waals surface area contributed by atoms with E-state index in [1.54, 1.807) is 4.90 Å². The number of nitrogens with one attached hydrogen (secondary N) is 1. The van der Waals surface area contributed by atoms with Gasteiger partial charge in [0.2, 0.25) is 11.8 Å². The number of terminal acetylenes is 1. The predicted molar refractivity (Wildman–Crippen MR) is 106 cm³/mol. The smallest absolute Gasteiger partial charge is 0.246 e. The number of nitrogens with two attached hydrogens (primary N) is 1. The summed E-state index contributed by atoms with van der Waals surface area (Å²) in [5.41, 5.74) is 8.13. The minimum atomic E-state index is -0.655. The Hall–Kier alpha value is -2.81. The molecule has 0 radical (unpaired) electrons. The van der Waals surface area contributed by atoms with Gasteiger partial charge in [0.05, 0.1) is 12.3 Å². The molecule has 0 aliphatic carbocycles. The molecule has 0 spiro atoms. The molecule has 1 aromatic carbocycles. The number of benzene rings is 1. The second-order valence-corrected chi connectivity index (χ2v) is 8.30. The maximum absolute atomic E-state index is 13.4. The molecule has 2 unspecified atom stereocenters. The van der Waals surface area contributed by atoms with Crippen molar-refractivity contribution >= 4 is 23.2 Å². The van der Waals surface area contributed by atoms with Crippen LogP contribution in [-0.4, -0.2) is 47.6 Å². The normalized spacial score (nSPS) is 22.6. The molecule has 2 aliphatic heterocycles. The maximum Gasteiger partial charge on any atom is 0.246 e. The first kappa shape index (κ1) is 19.0. The van der Waals surface area contributed by atoms with E-state index >= 15 is 0 Å². The van der Waals surface area contributed by atoms with Gasteiger partial charge < -0.3 is 16.0 Å². The van der Waals surface area contributed by atoms with Crippen molar-refractivity contribution in [3.05, 3.63) is 29.8 Å². The van der Waals surface area contributed by atoms with Crippen molar-refractivity contribution in [2.75, 3.05) is 18.4 Å². The Labute approximate surface area is 160 Å². The van der Waals surface area contributed by atoms with Crippen LogP contribution >= 0.6 is 0 Å². The number of anilines is 1. The van der Waals surface area contributed by atoms with Crippen LogP contribution in [0.4, 0.5) is 5.69 Å². The molecule has 1 saturated heterocycles. The molecule has 2 amide bonds. The average Bonchev–Trinajstić information content (AvgIpc) is 3.36. The van der Waals surface area contributed by atoms with E-state index in [0.29, 0.717) is 13.0 Å². The van der Waals surface area contributed by atoms with Gasteiger partial charge in [-0.05, 0) is 29.5 Å². The number of carbonyl (C=O) groups is 2. The van der Waals surface area contributed by atoms with Gasteiger partial charge in [-0.1, -0.05) is 32.9 Å². The number of rotatable bonds is 5. The number of aliphatic imine (C=N–C) groups is 1. The van der Waals surface area contributed by atoms with Gasteiger partial charge in [-0.25, -0.2) is 0 Å². The van der Waals surface area contributed by atoms with Crippen molar-refractivity contribution in [2.45, 2.75) is 39.3 Å². The Morgan fingerprint density at radius 3 is 2.67 bits per heavy atom. The standard InChI is InChI=1S/C21H26N4O2/c1-5-13-9-17(19(22)26)25(12-13)20(27)18(21(2,3)4)24-15-8-6-7-14(10-15)16-11-23-16/h1,6-8,10,13,17-18,24H,9,11-12H2,2-4H3,(H2,22,26)/t13?,17-,18?/m0/s1. The summed E-state index contributed by atoms with van der Waals surface area (Å²) in [6.07, 6.45) is 5.95. The summed E-state index contributed by atoms with van der Waals surface area (Å²) in [7, 11) is 0. The van der Waals surface area contributed by atoms with Crippen LogP contribution in [0, 0.1) is 23.7 Å². The molecule has 3 atom stereocenters. The van der Waals surface area contributed by atoms with Gasteiger partial charge in [0, 0.05) is 18.2 Å². The van der Waals surface area contributed by atoms with E-state index in [2.05, 4.69) is 16.2 Å². The molecule has 142 valence electrons. The highest BCUT2D eigenvalue weighted by molar-refractivity contribution is 6.10. The lowest BCUT2D eigenvalue weighted by Gasteiger charge is -2.35. The Bertz CT molecular complexity index is 831. The monoisotopic (exact) mass is 366 g/mol. The third-order valence-corrected chi connectivity index (χ3v) is 5.08. The number of primary amides is 1. The lowest BCUT2D eigenvalue weighted by atomic mass is 9.85. The molecule has 27 heavy (non-hydrogen) atoms. The van der Waals surface area contributed by atoms with Gasteiger partial charge in [0.15, 0.2) is 0 Å². The van der Waals surface area contributed by atoms with Crippen molar-refractivity contribution in [3.63, 3.8) is 0 Å². The topological polar surface area (TPSA) is 87.8 Å². The fraction of sp³-hybridized carbons (Fsp3) is 0.476. The van der Waals surface area contributed by atoms with Gasteiger partial charge in [-0.3, -0.25) is 14.6 Å². The molecule has 2 aliphatic rings. The van der Waals surface area contributed by atoms with Gasteiger partial charge in [-0.2, -0.15) is 0 Å². The number of nitrogens with zero attached hydrogens (tertiary/aromatic N) is 2. The van der Waals surface area contributed by atoms with Crippen LogP contribution in [-0.2, 0) is 9.59 Å². The lowest BCUT2D eigenvalue weighted by Crippen LogP contribution is -2.53. The van der Waals surface area contributed by atoms with Gasteiger partial charge in [-0.15, -0.1) is 12.3 Å². The number of amides is 2. The number of hydrogen-bond acceptors (Lipinski definition) is 4. The molecular weight excluding hydrogens is 340 g/mol. The molecule has 0 bridgehead atoms. The van der Waals surface area contributed by atoms with E-state index in [-0.39, 0.29) is 17.2 Å². The highest BCUT2D eigenvalue weighted by atomic mass is 16.2. The summed E-state index contributed by atoms with van der Waals surface area (Å²) >= 11 is 0. The summed E-state index contributed by atoms with van der Waals surface area (Å²) in [4.78, 5) is 31.0. The van der Waals surface area contributed by atoms with Crippen LogP contribution in [0.15, 0.2) is 29.3 Å². The first-order chi connectivity index (χ1) is 12.7. The molecule has 3 N–H and O–H groups in total. The highest BCUT2D eigenvalue weighted by Gasteiger charge is 2.43. The molecule has 1 aromatic rings. The number of hydrogen-bond donors (Lipinski definition) is 2. The first-order valence-electron chi connectivity index (χ1n) is 9.17. The van der Waals surface area contributed by atoms with Crippen molar-refractivity contribution < 1.29 is 9.59 Å². The molecular formula is C21H26N4O2. The van der Waals surface area contributed by atoms with Crippen LogP contribution in [0.1, 0.15) is 32.8 Å². The maximum atomic E-state index is 13.4. The zero-order valence-corrected chi connectivity index (χ0v) is 16.0. The molecule has 2 heterocycles. The van der Waals surface area contributed by atoms with Gasteiger partial charge in [0.1, 0.15) is 12.1 Å². The molecule has 0 saturated carbocycles. The van der Waals surface area contributed by atoms with Crippen molar-refractivity contribution in [3.8, 4) is 12.3 Å². The quantitative estimate of drug-likeness (QED) is 0.777.